The molecule has 0 amide bonds. The van der Waals surface area contributed by atoms with Crippen molar-refractivity contribution in [2.75, 3.05) is 6.26 Å². The lowest BCUT2D eigenvalue weighted by atomic mass is 9.91. The highest BCUT2D eigenvalue weighted by molar-refractivity contribution is 7.91. The summed E-state index contributed by atoms with van der Waals surface area (Å²) >= 11 is 0. The van der Waals surface area contributed by atoms with Crippen LogP contribution in [-0.2, 0) is 9.84 Å². The molecular formula is C12H25NO2S. The van der Waals surface area contributed by atoms with Crippen molar-refractivity contribution in [3.63, 3.8) is 0 Å². The first-order chi connectivity index (χ1) is 7.24. The highest BCUT2D eigenvalue weighted by atomic mass is 32.2. The third kappa shape index (κ3) is 4.06. The van der Waals surface area contributed by atoms with Crippen molar-refractivity contribution >= 4 is 9.84 Å². The molecule has 1 N–H and O–H groups in total. The largest absolute Gasteiger partial charge is 0.309 e. The monoisotopic (exact) mass is 247 g/mol. The molecule has 2 unspecified atom stereocenters. The van der Waals surface area contributed by atoms with Crippen LogP contribution in [0.15, 0.2) is 0 Å². The van der Waals surface area contributed by atoms with Gasteiger partial charge in [-0.05, 0) is 39.5 Å². The average molecular weight is 247 g/mol. The number of nitrogens with one attached hydrogen (secondary N) is 1. The Balaban J connectivity index is 2.58. The molecule has 4 heteroatoms. The van der Waals surface area contributed by atoms with Gasteiger partial charge in [-0.2, -0.15) is 0 Å². The Labute approximate surface area is 99.9 Å². The topological polar surface area (TPSA) is 46.2 Å². The maximum Gasteiger partial charge on any atom is 0.150 e. The van der Waals surface area contributed by atoms with Gasteiger partial charge in [-0.1, -0.05) is 13.3 Å². The van der Waals surface area contributed by atoms with Crippen molar-refractivity contribution in [2.45, 2.75) is 69.7 Å². The first-order valence-corrected chi connectivity index (χ1v) is 8.16. The van der Waals surface area contributed by atoms with Gasteiger partial charge < -0.3 is 5.32 Å². The van der Waals surface area contributed by atoms with Crippen LogP contribution in [0.2, 0.25) is 0 Å². The van der Waals surface area contributed by atoms with Gasteiger partial charge in [-0.25, -0.2) is 8.42 Å². The lowest BCUT2D eigenvalue weighted by molar-refractivity contribution is 0.274. The summed E-state index contributed by atoms with van der Waals surface area (Å²) in [5.74, 6) is 0. The van der Waals surface area contributed by atoms with Crippen LogP contribution in [0.25, 0.3) is 0 Å². The van der Waals surface area contributed by atoms with E-state index in [9.17, 15) is 8.42 Å². The van der Waals surface area contributed by atoms with Gasteiger partial charge in [0.05, 0.1) is 5.25 Å². The lowest BCUT2D eigenvalue weighted by Crippen LogP contribution is -2.48. The van der Waals surface area contributed by atoms with Gasteiger partial charge >= 0.3 is 0 Å². The minimum absolute atomic E-state index is 0.115. The molecule has 0 bridgehead atoms. The van der Waals surface area contributed by atoms with Gasteiger partial charge in [-0.15, -0.1) is 0 Å². The maximum atomic E-state index is 11.5. The highest BCUT2D eigenvalue weighted by Gasteiger charge is 2.31. The van der Waals surface area contributed by atoms with E-state index in [4.69, 9.17) is 0 Å². The smallest absolute Gasteiger partial charge is 0.150 e. The SMILES string of the molecule is CCC(C)(C)NC1CCCC(S(C)(=O)=O)C1. The van der Waals surface area contributed by atoms with Crippen molar-refractivity contribution in [3.05, 3.63) is 0 Å². The minimum Gasteiger partial charge on any atom is -0.309 e. The molecule has 96 valence electrons. The van der Waals surface area contributed by atoms with Crippen LogP contribution in [0.4, 0.5) is 0 Å². The third-order valence-corrected chi connectivity index (χ3v) is 5.35. The molecule has 0 heterocycles. The second-order valence-corrected chi connectivity index (χ2v) is 8.02. The first-order valence-electron chi connectivity index (χ1n) is 6.21. The fraction of sp³-hybridized carbons (Fsp3) is 1.00. The van der Waals surface area contributed by atoms with Crippen LogP contribution < -0.4 is 5.32 Å². The number of sulfone groups is 1. The molecule has 0 spiro atoms. The summed E-state index contributed by atoms with van der Waals surface area (Å²) in [6.07, 6.45) is 6.18. The standard InChI is InChI=1S/C12H25NO2S/c1-5-12(2,3)13-10-7-6-8-11(9-10)16(4,14)15/h10-11,13H,5-9H2,1-4H3. The molecule has 1 rings (SSSR count). The fourth-order valence-electron chi connectivity index (χ4n) is 2.32. The molecule has 0 radical (unpaired) electrons. The van der Waals surface area contributed by atoms with E-state index in [0.717, 1.165) is 32.1 Å². The molecule has 1 saturated carbocycles. The zero-order valence-corrected chi connectivity index (χ0v) is 11.7. The van der Waals surface area contributed by atoms with Crippen molar-refractivity contribution < 1.29 is 8.42 Å². The van der Waals surface area contributed by atoms with Gasteiger partial charge in [0, 0.05) is 17.8 Å². The van der Waals surface area contributed by atoms with Crippen molar-refractivity contribution in [1.82, 2.24) is 5.32 Å². The van der Waals surface area contributed by atoms with Crippen LogP contribution >= 0.6 is 0 Å². The van der Waals surface area contributed by atoms with E-state index in [1.807, 2.05) is 0 Å². The molecule has 0 saturated heterocycles. The number of hydrogen-bond donors (Lipinski definition) is 1. The summed E-state index contributed by atoms with van der Waals surface area (Å²) in [4.78, 5) is 0. The van der Waals surface area contributed by atoms with Crippen LogP contribution in [0, 0.1) is 0 Å². The molecule has 0 aromatic carbocycles. The molecule has 0 aliphatic heterocycles. The van der Waals surface area contributed by atoms with Gasteiger partial charge in [0.15, 0.2) is 0 Å². The van der Waals surface area contributed by atoms with Crippen LogP contribution in [0.5, 0.6) is 0 Å². The van der Waals surface area contributed by atoms with Gasteiger partial charge in [0.25, 0.3) is 0 Å². The quantitative estimate of drug-likeness (QED) is 0.827. The summed E-state index contributed by atoms with van der Waals surface area (Å²) in [6, 6.07) is 0.364. The van der Waals surface area contributed by atoms with Crippen LogP contribution in [0.1, 0.15) is 52.9 Å². The van der Waals surface area contributed by atoms with E-state index in [1.165, 1.54) is 6.26 Å². The van der Waals surface area contributed by atoms with E-state index in [2.05, 4.69) is 26.1 Å². The van der Waals surface area contributed by atoms with E-state index < -0.39 is 9.84 Å². The second-order valence-electron chi connectivity index (χ2n) is 5.70. The summed E-state index contributed by atoms with van der Waals surface area (Å²) in [7, 11) is -2.86. The summed E-state index contributed by atoms with van der Waals surface area (Å²) in [5, 5.41) is 3.45. The number of hydrogen-bond acceptors (Lipinski definition) is 3. The molecule has 16 heavy (non-hydrogen) atoms. The molecule has 1 aliphatic carbocycles. The second kappa shape index (κ2) is 5.05. The Kier molecular flexibility index (Phi) is 4.41. The highest BCUT2D eigenvalue weighted by Crippen LogP contribution is 2.25. The van der Waals surface area contributed by atoms with E-state index in [0.29, 0.717) is 6.04 Å². The minimum atomic E-state index is -2.86. The van der Waals surface area contributed by atoms with Gasteiger partial charge in [-0.3, -0.25) is 0 Å². The van der Waals surface area contributed by atoms with Crippen LogP contribution in [-0.4, -0.2) is 31.5 Å². The molecule has 0 aromatic heterocycles. The Morgan fingerprint density at radius 2 is 1.94 bits per heavy atom. The van der Waals surface area contributed by atoms with E-state index in [1.54, 1.807) is 0 Å². The summed E-state index contributed by atoms with van der Waals surface area (Å²) in [6.45, 7) is 6.51. The van der Waals surface area contributed by atoms with Gasteiger partial charge in [0.1, 0.15) is 9.84 Å². The van der Waals surface area contributed by atoms with Crippen molar-refractivity contribution in [2.24, 2.45) is 0 Å². The lowest BCUT2D eigenvalue weighted by Gasteiger charge is -2.35. The summed E-state index contributed by atoms with van der Waals surface area (Å²) in [5.41, 5.74) is 0.115. The van der Waals surface area contributed by atoms with Crippen LogP contribution in [0.3, 0.4) is 0 Å². The first kappa shape index (κ1) is 14.0. The van der Waals surface area contributed by atoms with Crippen molar-refractivity contribution in [1.29, 1.82) is 0 Å². The predicted octanol–water partition coefficient (Wildman–Crippen LogP) is 2.12. The van der Waals surface area contributed by atoms with Gasteiger partial charge in [0.2, 0.25) is 0 Å². The molecule has 3 nitrogen and oxygen atoms in total. The molecule has 0 aromatic rings. The Bertz CT molecular complexity index is 322. The normalized spacial score (nSPS) is 28.0. The third-order valence-electron chi connectivity index (χ3n) is 3.71. The average Bonchev–Trinajstić information content (AvgIpc) is 2.16. The van der Waals surface area contributed by atoms with Crippen molar-refractivity contribution in [3.8, 4) is 0 Å². The zero-order valence-electron chi connectivity index (χ0n) is 10.9. The molecule has 1 fully saturated rings. The molecule has 1 aliphatic rings. The zero-order chi connectivity index (χ0) is 12.4. The van der Waals surface area contributed by atoms with E-state index >= 15 is 0 Å². The molecule has 2 atom stereocenters. The van der Waals surface area contributed by atoms with E-state index in [-0.39, 0.29) is 10.8 Å². The Hall–Kier alpha value is -0.0900. The molecular weight excluding hydrogens is 222 g/mol. The number of rotatable bonds is 4. The Morgan fingerprint density at radius 3 is 2.44 bits per heavy atom. The maximum absolute atomic E-state index is 11.5. The summed E-state index contributed by atoms with van der Waals surface area (Å²) < 4.78 is 23.1. The predicted molar refractivity (Wildman–Crippen MR) is 68.4 cm³/mol. The Morgan fingerprint density at radius 1 is 1.31 bits per heavy atom. The fourth-order valence-corrected chi connectivity index (χ4v) is 3.50.